The molecule has 0 radical (unpaired) electrons. The van der Waals surface area contributed by atoms with Crippen molar-refractivity contribution in [3.05, 3.63) is 54.1 Å². The van der Waals surface area contributed by atoms with Crippen molar-refractivity contribution in [1.82, 2.24) is 0 Å². The standard InChI is InChI=1S/C13H12O2/c14-12-7-8-13(15)11(9-12)6-5-10-3-1-2-4-10/h1-10,14-15H. The molecule has 0 aromatic heterocycles. The molecular weight excluding hydrogens is 188 g/mol. The summed E-state index contributed by atoms with van der Waals surface area (Å²) in [5.41, 5.74) is 0.628. The predicted octanol–water partition coefficient (Wildman–Crippen LogP) is 2.85. The van der Waals surface area contributed by atoms with Gasteiger partial charge >= 0.3 is 0 Å². The Morgan fingerprint density at radius 1 is 1.07 bits per heavy atom. The number of benzene rings is 1. The van der Waals surface area contributed by atoms with Crippen LogP contribution in [0.25, 0.3) is 6.08 Å². The van der Waals surface area contributed by atoms with E-state index in [0.717, 1.165) is 0 Å². The molecule has 1 aromatic rings. The van der Waals surface area contributed by atoms with Crippen LogP contribution in [0.1, 0.15) is 5.56 Å². The molecule has 0 saturated carbocycles. The molecule has 1 aliphatic rings. The SMILES string of the molecule is Oc1ccc(O)c(C=CC2C=CC=C2)c1. The van der Waals surface area contributed by atoms with Crippen molar-refractivity contribution in [3.8, 4) is 11.5 Å². The molecule has 0 amide bonds. The normalized spacial score (nSPS) is 15.5. The molecule has 1 aliphatic carbocycles. The first-order valence-corrected chi connectivity index (χ1v) is 4.81. The van der Waals surface area contributed by atoms with E-state index in [1.807, 2.05) is 18.2 Å². The van der Waals surface area contributed by atoms with Gasteiger partial charge in [-0.25, -0.2) is 0 Å². The topological polar surface area (TPSA) is 40.5 Å². The summed E-state index contributed by atoms with van der Waals surface area (Å²) in [6, 6.07) is 4.48. The molecule has 0 fully saturated rings. The number of phenols is 2. The van der Waals surface area contributed by atoms with Crippen molar-refractivity contribution in [1.29, 1.82) is 0 Å². The number of hydrogen-bond donors (Lipinski definition) is 2. The Bertz CT molecular complexity index is 430. The first kappa shape index (κ1) is 9.59. The Morgan fingerprint density at radius 2 is 1.80 bits per heavy atom. The van der Waals surface area contributed by atoms with Gasteiger partial charge in [0.2, 0.25) is 0 Å². The van der Waals surface area contributed by atoms with Gasteiger partial charge in [0.1, 0.15) is 11.5 Å². The lowest BCUT2D eigenvalue weighted by molar-refractivity contribution is 0.459. The Kier molecular flexibility index (Phi) is 2.59. The van der Waals surface area contributed by atoms with E-state index in [1.165, 1.54) is 18.2 Å². The predicted molar refractivity (Wildman–Crippen MR) is 60.6 cm³/mol. The van der Waals surface area contributed by atoms with Crippen LogP contribution < -0.4 is 0 Å². The molecule has 0 atom stereocenters. The highest BCUT2D eigenvalue weighted by Gasteiger charge is 2.01. The maximum Gasteiger partial charge on any atom is 0.123 e. The van der Waals surface area contributed by atoms with Gasteiger partial charge in [-0.1, -0.05) is 36.5 Å². The van der Waals surface area contributed by atoms with Crippen LogP contribution in [0.15, 0.2) is 48.6 Å². The van der Waals surface area contributed by atoms with Crippen LogP contribution >= 0.6 is 0 Å². The zero-order chi connectivity index (χ0) is 10.7. The highest BCUT2D eigenvalue weighted by atomic mass is 16.3. The number of allylic oxidation sites excluding steroid dienone is 5. The number of phenolic OH excluding ortho intramolecular Hbond substituents is 2. The lowest BCUT2D eigenvalue weighted by atomic mass is 10.1. The molecule has 2 N–H and O–H groups in total. The maximum absolute atomic E-state index is 9.51. The monoisotopic (exact) mass is 200 g/mol. The highest BCUT2D eigenvalue weighted by Crippen LogP contribution is 2.24. The molecule has 2 nitrogen and oxygen atoms in total. The molecule has 15 heavy (non-hydrogen) atoms. The molecule has 0 bridgehead atoms. The Balaban J connectivity index is 2.19. The fourth-order valence-corrected chi connectivity index (χ4v) is 1.47. The fourth-order valence-electron chi connectivity index (χ4n) is 1.47. The summed E-state index contributed by atoms with van der Waals surface area (Å²) in [7, 11) is 0. The van der Waals surface area contributed by atoms with Crippen molar-refractivity contribution in [3.63, 3.8) is 0 Å². The van der Waals surface area contributed by atoms with Gasteiger partial charge in [0.05, 0.1) is 0 Å². The van der Waals surface area contributed by atoms with Crippen LogP contribution in [-0.2, 0) is 0 Å². The third-order valence-electron chi connectivity index (χ3n) is 2.29. The Labute approximate surface area is 88.5 Å². The highest BCUT2D eigenvalue weighted by molar-refractivity contribution is 5.59. The average molecular weight is 200 g/mol. The summed E-state index contributed by atoms with van der Waals surface area (Å²) in [4.78, 5) is 0. The van der Waals surface area contributed by atoms with Gasteiger partial charge in [0.15, 0.2) is 0 Å². The summed E-state index contributed by atoms with van der Waals surface area (Å²) in [5, 5.41) is 18.8. The smallest absolute Gasteiger partial charge is 0.123 e. The second-order valence-electron chi connectivity index (χ2n) is 3.45. The third kappa shape index (κ3) is 2.29. The average Bonchev–Trinajstić information content (AvgIpc) is 2.72. The van der Waals surface area contributed by atoms with Crippen molar-refractivity contribution < 1.29 is 10.2 Å². The minimum atomic E-state index is 0.157. The summed E-state index contributed by atoms with van der Waals surface area (Å²) >= 11 is 0. The minimum Gasteiger partial charge on any atom is -0.508 e. The molecular formula is C13H12O2. The van der Waals surface area contributed by atoms with Crippen molar-refractivity contribution >= 4 is 6.08 Å². The van der Waals surface area contributed by atoms with Gasteiger partial charge in [-0.05, 0) is 18.2 Å². The largest absolute Gasteiger partial charge is 0.508 e. The summed E-state index contributed by atoms with van der Waals surface area (Å²) in [6.07, 6.45) is 11.8. The van der Waals surface area contributed by atoms with E-state index in [9.17, 15) is 10.2 Å². The van der Waals surface area contributed by atoms with E-state index in [0.29, 0.717) is 5.56 Å². The zero-order valence-electron chi connectivity index (χ0n) is 8.17. The summed E-state index contributed by atoms with van der Waals surface area (Å²) < 4.78 is 0. The molecule has 2 heteroatoms. The summed E-state index contributed by atoms with van der Waals surface area (Å²) in [6.45, 7) is 0. The van der Waals surface area contributed by atoms with Crippen LogP contribution in [-0.4, -0.2) is 10.2 Å². The molecule has 76 valence electrons. The molecule has 1 aromatic carbocycles. The van der Waals surface area contributed by atoms with E-state index in [4.69, 9.17) is 0 Å². The van der Waals surface area contributed by atoms with Gasteiger partial charge in [0.25, 0.3) is 0 Å². The van der Waals surface area contributed by atoms with Crippen molar-refractivity contribution in [2.45, 2.75) is 0 Å². The van der Waals surface area contributed by atoms with Crippen molar-refractivity contribution in [2.24, 2.45) is 5.92 Å². The molecule has 0 saturated heterocycles. The van der Waals surface area contributed by atoms with Crippen molar-refractivity contribution in [2.75, 3.05) is 0 Å². The van der Waals surface area contributed by atoms with Gasteiger partial charge in [-0.3, -0.25) is 0 Å². The van der Waals surface area contributed by atoms with Crippen LogP contribution in [0.3, 0.4) is 0 Å². The first-order chi connectivity index (χ1) is 7.25. The van der Waals surface area contributed by atoms with Gasteiger partial charge in [-0.2, -0.15) is 0 Å². The number of rotatable bonds is 2. The van der Waals surface area contributed by atoms with Crippen LogP contribution in [0.5, 0.6) is 11.5 Å². The Morgan fingerprint density at radius 3 is 2.53 bits per heavy atom. The van der Waals surface area contributed by atoms with E-state index >= 15 is 0 Å². The number of aromatic hydroxyl groups is 2. The van der Waals surface area contributed by atoms with Gasteiger partial charge in [-0.15, -0.1) is 0 Å². The van der Waals surface area contributed by atoms with E-state index in [-0.39, 0.29) is 17.4 Å². The van der Waals surface area contributed by atoms with E-state index < -0.39 is 0 Å². The minimum absolute atomic E-state index is 0.157. The Hall–Kier alpha value is -1.96. The van der Waals surface area contributed by atoms with Gasteiger partial charge < -0.3 is 10.2 Å². The quantitative estimate of drug-likeness (QED) is 0.720. The number of hydrogen-bond acceptors (Lipinski definition) is 2. The molecule has 0 spiro atoms. The third-order valence-corrected chi connectivity index (χ3v) is 2.29. The van der Waals surface area contributed by atoms with E-state index in [1.54, 1.807) is 6.08 Å². The van der Waals surface area contributed by atoms with Gasteiger partial charge in [0, 0.05) is 11.5 Å². The fraction of sp³-hybridized carbons (Fsp3) is 0.0769. The second-order valence-corrected chi connectivity index (χ2v) is 3.45. The van der Waals surface area contributed by atoms with E-state index in [2.05, 4.69) is 12.2 Å². The van der Waals surface area contributed by atoms with Crippen LogP contribution in [0.4, 0.5) is 0 Å². The lowest BCUT2D eigenvalue weighted by Gasteiger charge is -2.00. The first-order valence-electron chi connectivity index (χ1n) is 4.81. The van der Waals surface area contributed by atoms with Crippen LogP contribution in [0.2, 0.25) is 0 Å². The molecule has 0 aliphatic heterocycles. The zero-order valence-corrected chi connectivity index (χ0v) is 8.17. The summed E-state index contributed by atoms with van der Waals surface area (Å²) in [5.74, 6) is 0.617. The second kappa shape index (κ2) is 4.05. The molecule has 0 heterocycles. The maximum atomic E-state index is 9.51. The molecule has 2 rings (SSSR count). The lowest BCUT2D eigenvalue weighted by Crippen LogP contribution is -1.81. The molecule has 0 unspecified atom stereocenters. The van der Waals surface area contributed by atoms with Crippen LogP contribution in [0, 0.1) is 5.92 Å².